The first kappa shape index (κ1) is 22.4. The summed E-state index contributed by atoms with van der Waals surface area (Å²) >= 11 is 6.87. The van der Waals surface area contributed by atoms with Gasteiger partial charge in [-0.1, -0.05) is 27.7 Å². The normalized spacial score (nSPS) is 51.5. The number of aliphatic hydroxyl groups is 1. The molecule has 0 aromatic rings. The zero-order chi connectivity index (χ0) is 22.3. The third kappa shape index (κ3) is 2.83. The molecule has 6 heteroatoms. The molecule has 4 rings (SSSR count). The summed E-state index contributed by atoms with van der Waals surface area (Å²) in [5.74, 6) is -0.123. The number of rotatable bonds is 2. The lowest BCUT2D eigenvalue weighted by Gasteiger charge is -2.66. The molecular formula is C24H37ClO5. The van der Waals surface area contributed by atoms with Crippen molar-refractivity contribution in [2.45, 2.75) is 104 Å². The second-order valence-electron chi connectivity index (χ2n) is 11.7. The molecule has 0 amide bonds. The van der Waals surface area contributed by atoms with Crippen LogP contribution in [0.25, 0.3) is 0 Å². The van der Waals surface area contributed by atoms with Crippen molar-refractivity contribution >= 4 is 23.5 Å². The van der Waals surface area contributed by atoms with Crippen LogP contribution in [-0.2, 0) is 19.1 Å². The van der Waals surface area contributed by atoms with Crippen LogP contribution in [0.5, 0.6) is 0 Å². The van der Waals surface area contributed by atoms with Crippen molar-refractivity contribution in [1.29, 1.82) is 0 Å². The second-order valence-corrected chi connectivity index (χ2v) is 12.2. The van der Waals surface area contributed by atoms with Crippen LogP contribution in [0.15, 0.2) is 0 Å². The van der Waals surface area contributed by atoms with E-state index in [0.29, 0.717) is 12.3 Å². The van der Waals surface area contributed by atoms with Crippen LogP contribution in [0.2, 0.25) is 0 Å². The number of carbonyl (C=O) groups excluding carboxylic acids is 2. The zero-order valence-corrected chi connectivity index (χ0v) is 19.9. The molecule has 170 valence electrons. The van der Waals surface area contributed by atoms with E-state index in [2.05, 4.69) is 27.7 Å². The molecule has 2 unspecified atom stereocenters. The Bertz CT molecular complexity index is 752. The highest BCUT2D eigenvalue weighted by Crippen LogP contribution is 2.74. The summed E-state index contributed by atoms with van der Waals surface area (Å²) in [6.07, 6.45) is 3.96. The molecule has 0 aromatic heterocycles. The standard InChI is InChI=1S/C24H37ClO5/c1-13(26)29-17-8-9-21(3,4)15-7-10-24-12-22(5,19(25)20(24)28)18(30-14(2)27)11-16(24)23(15,17)6/h15-20,28H,7-12H2,1-6H3/t15?,16?,17-,18+,19+,20+,22+,23+,24-/m0/s1. The van der Waals surface area contributed by atoms with Gasteiger partial charge in [-0.05, 0) is 55.8 Å². The highest BCUT2D eigenvalue weighted by atomic mass is 35.5. The molecule has 4 saturated carbocycles. The van der Waals surface area contributed by atoms with E-state index >= 15 is 0 Å². The molecule has 5 nitrogen and oxygen atoms in total. The van der Waals surface area contributed by atoms with E-state index in [1.165, 1.54) is 13.8 Å². The van der Waals surface area contributed by atoms with E-state index in [4.69, 9.17) is 21.1 Å². The molecule has 4 aliphatic carbocycles. The molecule has 30 heavy (non-hydrogen) atoms. The Hall–Kier alpha value is -0.810. The number of fused-ring (bicyclic) bond motifs is 3. The largest absolute Gasteiger partial charge is 0.462 e. The van der Waals surface area contributed by atoms with Crippen molar-refractivity contribution in [2.24, 2.45) is 33.5 Å². The molecule has 0 aromatic carbocycles. The van der Waals surface area contributed by atoms with Gasteiger partial charge in [-0.2, -0.15) is 0 Å². The molecular weight excluding hydrogens is 404 g/mol. The first-order chi connectivity index (χ1) is 13.8. The van der Waals surface area contributed by atoms with Gasteiger partial charge in [-0.15, -0.1) is 11.6 Å². The molecule has 1 N–H and O–H groups in total. The molecule has 0 heterocycles. The number of carbonyl (C=O) groups is 2. The fourth-order valence-electron chi connectivity index (χ4n) is 8.59. The van der Waals surface area contributed by atoms with Crippen LogP contribution >= 0.6 is 11.6 Å². The lowest BCUT2D eigenvalue weighted by atomic mass is 9.39. The van der Waals surface area contributed by atoms with Gasteiger partial charge < -0.3 is 14.6 Å². The van der Waals surface area contributed by atoms with Gasteiger partial charge in [0.25, 0.3) is 0 Å². The van der Waals surface area contributed by atoms with E-state index < -0.39 is 16.9 Å². The van der Waals surface area contributed by atoms with Crippen LogP contribution in [0.4, 0.5) is 0 Å². The number of alkyl halides is 1. The molecule has 2 bridgehead atoms. The van der Waals surface area contributed by atoms with Crippen LogP contribution in [-0.4, -0.2) is 40.7 Å². The minimum Gasteiger partial charge on any atom is -0.462 e. The summed E-state index contributed by atoms with van der Waals surface area (Å²) < 4.78 is 11.8. The van der Waals surface area contributed by atoms with Crippen molar-refractivity contribution in [3.63, 3.8) is 0 Å². The summed E-state index contributed by atoms with van der Waals surface area (Å²) in [5.41, 5.74) is -0.954. The van der Waals surface area contributed by atoms with Crippen LogP contribution in [0.1, 0.15) is 80.1 Å². The predicted molar refractivity (Wildman–Crippen MR) is 114 cm³/mol. The smallest absolute Gasteiger partial charge is 0.302 e. The number of halogens is 1. The lowest BCUT2D eigenvalue weighted by molar-refractivity contribution is -0.237. The average Bonchev–Trinajstić information content (AvgIpc) is 2.78. The van der Waals surface area contributed by atoms with Gasteiger partial charge in [0.05, 0.1) is 11.5 Å². The van der Waals surface area contributed by atoms with Gasteiger partial charge in [-0.25, -0.2) is 0 Å². The minimum atomic E-state index is -0.657. The summed E-state index contributed by atoms with van der Waals surface area (Å²) in [6, 6.07) is 0. The Morgan fingerprint density at radius 3 is 2.13 bits per heavy atom. The lowest BCUT2D eigenvalue weighted by Crippen LogP contribution is -2.65. The topological polar surface area (TPSA) is 72.8 Å². The number of aliphatic hydroxyl groups excluding tert-OH is 1. The van der Waals surface area contributed by atoms with Crippen LogP contribution < -0.4 is 0 Å². The Kier molecular flexibility index (Phi) is 5.11. The summed E-state index contributed by atoms with van der Waals surface area (Å²) in [5, 5.41) is 11.0. The molecule has 0 saturated heterocycles. The Labute approximate surface area is 185 Å². The third-order valence-corrected chi connectivity index (χ3v) is 10.5. The van der Waals surface area contributed by atoms with Crippen LogP contribution in [0.3, 0.4) is 0 Å². The molecule has 0 radical (unpaired) electrons. The monoisotopic (exact) mass is 440 g/mol. The first-order valence-electron chi connectivity index (χ1n) is 11.5. The first-order valence-corrected chi connectivity index (χ1v) is 11.9. The minimum absolute atomic E-state index is 0.0730. The van der Waals surface area contributed by atoms with Crippen molar-refractivity contribution in [3.8, 4) is 0 Å². The predicted octanol–water partition coefficient (Wildman–Crippen LogP) is 4.47. The molecule has 0 aliphatic heterocycles. The van der Waals surface area contributed by atoms with E-state index in [0.717, 1.165) is 32.1 Å². The van der Waals surface area contributed by atoms with Gasteiger partial charge in [0.2, 0.25) is 0 Å². The van der Waals surface area contributed by atoms with Gasteiger partial charge in [0.1, 0.15) is 12.2 Å². The highest BCUT2D eigenvalue weighted by Gasteiger charge is 2.74. The number of hydrogen-bond donors (Lipinski definition) is 1. The molecule has 9 atom stereocenters. The quantitative estimate of drug-likeness (QED) is 0.506. The fraction of sp³-hybridized carbons (Fsp3) is 0.917. The molecule has 4 aliphatic rings. The third-order valence-electron chi connectivity index (χ3n) is 9.79. The van der Waals surface area contributed by atoms with E-state index in [1.807, 2.05) is 0 Å². The van der Waals surface area contributed by atoms with Gasteiger partial charge in [0.15, 0.2) is 0 Å². The molecule has 4 fully saturated rings. The summed E-state index contributed by atoms with van der Waals surface area (Å²) in [6.45, 7) is 11.9. The molecule has 1 spiro atoms. The van der Waals surface area contributed by atoms with E-state index in [9.17, 15) is 14.7 Å². The summed E-state index contributed by atoms with van der Waals surface area (Å²) in [4.78, 5) is 24.0. The number of esters is 2. The van der Waals surface area contributed by atoms with E-state index in [1.54, 1.807) is 0 Å². The van der Waals surface area contributed by atoms with Gasteiger partial charge in [-0.3, -0.25) is 9.59 Å². The van der Waals surface area contributed by atoms with Gasteiger partial charge in [0, 0.05) is 30.1 Å². The van der Waals surface area contributed by atoms with Crippen molar-refractivity contribution in [1.82, 2.24) is 0 Å². The van der Waals surface area contributed by atoms with Gasteiger partial charge >= 0.3 is 11.9 Å². The number of ether oxygens (including phenoxy) is 2. The number of hydrogen-bond acceptors (Lipinski definition) is 5. The van der Waals surface area contributed by atoms with Crippen LogP contribution in [0, 0.1) is 33.5 Å². The Morgan fingerprint density at radius 1 is 0.933 bits per heavy atom. The fourth-order valence-corrected chi connectivity index (χ4v) is 9.06. The van der Waals surface area contributed by atoms with Crippen molar-refractivity contribution in [3.05, 3.63) is 0 Å². The Balaban J connectivity index is 1.84. The maximum atomic E-state index is 12.0. The average molecular weight is 441 g/mol. The van der Waals surface area contributed by atoms with E-state index in [-0.39, 0.29) is 46.3 Å². The second kappa shape index (κ2) is 6.84. The maximum absolute atomic E-state index is 12.0. The zero-order valence-electron chi connectivity index (χ0n) is 19.2. The van der Waals surface area contributed by atoms with Crippen molar-refractivity contribution in [2.75, 3.05) is 0 Å². The van der Waals surface area contributed by atoms with Crippen molar-refractivity contribution < 1.29 is 24.2 Å². The SMILES string of the molecule is CC(=O)O[C@H]1CCC(C)(C)C2CC[C@@]34C[C@@](C)([C@H](Cl)[C@H]3O)[C@H](OC(C)=O)CC4[C@@]21C. The highest BCUT2D eigenvalue weighted by molar-refractivity contribution is 6.22. The summed E-state index contributed by atoms with van der Waals surface area (Å²) in [7, 11) is 0. The maximum Gasteiger partial charge on any atom is 0.302 e. The Morgan fingerprint density at radius 2 is 1.53 bits per heavy atom.